The molecule has 0 radical (unpaired) electrons. The van der Waals surface area contributed by atoms with Gasteiger partial charge in [-0.05, 0) is 17.7 Å². The second kappa shape index (κ2) is 4.55. The second-order valence-electron chi connectivity index (χ2n) is 2.77. The number of ether oxygens (including phenoxy) is 2. The van der Waals surface area contributed by atoms with Crippen LogP contribution in [0.3, 0.4) is 0 Å². The third-order valence-corrected chi connectivity index (χ3v) is 1.85. The third kappa shape index (κ3) is 2.82. The minimum atomic E-state index is 0.750. The van der Waals surface area contributed by atoms with Crippen LogP contribution in [-0.2, 0) is 11.2 Å². The fourth-order valence-corrected chi connectivity index (χ4v) is 1.04. The molecule has 0 unspecified atom stereocenters. The number of rotatable bonds is 4. The van der Waals surface area contributed by atoms with E-state index in [2.05, 4.69) is 6.58 Å². The van der Waals surface area contributed by atoms with Gasteiger partial charge in [-0.3, -0.25) is 0 Å². The van der Waals surface area contributed by atoms with Crippen molar-refractivity contribution in [3.8, 4) is 5.75 Å². The highest BCUT2D eigenvalue weighted by molar-refractivity contribution is 5.28. The van der Waals surface area contributed by atoms with Gasteiger partial charge in [0, 0.05) is 6.42 Å². The van der Waals surface area contributed by atoms with Crippen LogP contribution in [0.5, 0.6) is 5.75 Å². The highest BCUT2D eigenvalue weighted by Crippen LogP contribution is 2.13. The van der Waals surface area contributed by atoms with Crippen LogP contribution >= 0.6 is 0 Å². The molecule has 13 heavy (non-hydrogen) atoms. The summed E-state index contributed by atoms with van der Waals surface area (Å²) in [5.74, 6) is 1.64. The van der Waals surface area contributed by atoms with E-state index in [1.165, 1.54) is 5.56 Å². The summed E-state index contributed by atoms with van der Waals surface area (Å²) in [6, 6.07) is 7.86. The fraction of sp³-hybridized carbons (Fsp3) is 0.273. The molecule has 0 aliphatic carbocycles. The van der Waals surface area contributed by atoms with Gasteiger partial charge in [0.25, 0.3) is 0 Å². The standard InChI is InChI=1S/C11H14O2/c1-9(12-2)8-10-4-6-11(13-3)7-5-10/h4-7H,1,8H2,2-3H3. The van der Waals surface area contributed by atoms with E-state index in [0.29, 0.717) is 0 Å². The van der Waals surface area contributed by atoms with E-state index in [9.17, 15) is 0 Å². The molecule has 2 nitrogen and oxygen atoms in total. The average Bonchev–Trinajstić information content (AvgIpc) is 2.19. The van der Waals surface area contributed by atoms with Crippen molar-refractivity contribution in [3.05, 3.63) is 42.2 Å². The Hall–Kier alpha value is -1.44. The maximum atomic E-state index is 5.05. The monoisotopic (exact) mass is 178 g/mol. The Morgan fingerprint density at radius 2 is 1.85 bits per heavy atom. The zero-order valence-corrected chi connectivity index (χ0v) is 8.04. The Labute approximate surface area is 78.8 Å². The van der Waals surface area contributed by atoms with Crippen LogP contribution in [0.2, 0.25) is 0 Å². The van der Waals surface area contributed by atoms with Crippen molar-refractivity contribution >= 4 is 0 Å². The molecule has 0 saturated heterocycles. The van der Waals surface area contributed by atoms with E-state index in [4.69, 9.17) is 9.47 Å². The number of hydrogen-bond donors (Lipinski definition) is 0. The van der Waals surface area contributed by atoms with Crippen LogP contribution in [-0.4, -0.2) is 14.2 Å². The van der Waals surface area contributed by atoms with E-state index in [1.54, 1.807) is 14.2 Å². The fourth-order valence-electron chi connectivity index (χ4n) is 1.04. The molecule has 0 amide bonds. The first-order valence-corrected chi connectivity index (χ1v) is 4.11. The van der Waals surface area contributed by atoms with Gasteiger partial charge in [-0.1, -0.05) is 18.7 Å². The lowest BCUT2D eigenvalue weighted by atomic mass is 10.1. The maximum absolute atomic E-state index is 5.05. The molecule has 2 heteroatoms. The zero-order valence-electron chi connectivity index (χ0n) is 8.04. The van der Waals surface area contributed by atoms with Gasteiger partial charge in [0.05, 0.1) is 20.0 Å². The van der Waals surface area contributed by atoms with Crippen LogP contribution in [0.25, 0.3) is 0 Å². The highest BCUT2D eigenvalue weighted by Gasteiger charge is 1.96. The molecular formula is C11H14O2. The van der Waals surface area contributed by atoms with Crippen LogP contribution in [0, 0.1) is 0 Å². The SMILES string of the molecule is C=C(Cc1ccc(OC)cc1)OC. The van der Waals surface area contributed by atoms with Gasteiger partial charge in [-0.15, -0.1) is 0 Å². The molecule has 0 N–H and O–H groups in total. The molecule has 0 fully saturated rings. The van der Waals surface area contributed by atoms with Crippen LogP contribution in [0.15, 0.2) is 36.6 Å². The quantitative estimate of drug-likeness (QED) is 0.659. The molecule has 1 aromatic carbocycles. The summed E-state index contributed by atoms with van der Waals surface area (Å²) in [5.41, 5.74) is 1.17. The highest BCUT2D eigenvalue weighted by atomic mass is 16.5. The van der Waals surface area contributed by atoms with Crippen molar-refractivity contribution in [2.75, 3.05) is 14.2 Å². The van der Waals surface area contributed by atoms with Crippen molar-refractivity contribution in [3.63, 3.8) is 0 Å². The molecule has 0 bridgehead atoms. The predicted molar refractivity (Wildman–Crippen MR) is 52.8 cm³/mol. The third-order valence-electron chi connectivity index (χ3n) is 1.85. The number of benzene rings is 1. The number of allylic oxidation sites excluding steroid dienone is 1. The Morgan fingerprint density at radius 1 is 1.23 bits per heavy atom. The van der Waals surface area contributed by atoms with E-state index >= 15 is 0 Å². The Morgan fingerprint density at radius 3 is 2.31 bits per heavy atom. The van der Waals surface area contributed by atoms with E-state index < -0.39 is 0 Å². The molecule has 0 saturated carbocycles. The van der Waals surface area contributed by atoms with Crippen molar-refractivity contribution in [2.24, 2.45) is 0 Å². The Kier molecular flexibility index (Phi) is 3.38. The predicted octanol–water partition coefficient (Wildman–Crippen LogP) is 2.40. The van der Waals surface area contributed by atoms with Gasteiger partial charge >= 0.3 is 0 Å². The van der Waals surface area contributed by atoms with Crippen LogP contribution in [0.1, 0.15) is 5.56 Å². The molecule has 70 valence electrons. The molecule has 1 rings (SSSR count). The van der Waals surface area contributed by atoms with Gasteiger partial charge in [0.1, 0.15) is 5.75 Å². The lowest BCUT2D eigenvalue weighted by Crippen LogP contribution is -1.91. The smallest absolute Gasteiger partial charge is 0.118 e. The van der Waals surface area contributed by atoms with Gasteiger partial charge in [0.2, 0.25) is 0 Å². The van der Waals surface area contributed by atoms with Gasteiger partial charge < -0.3 is 9.47 Å². The number of methoxy groups -OCH3 is 2. The molecular weight excluding hydrogens is 164 g/mol. The molecule has 0 aliphatic rings. The lowest BCUT2D eigenvalue weighted by Gasteiger charge is -2.05. The van der Waals surface area contributed by atoms with E-state index in [1.807, 2.05) is 24.3 Å². The second-order valence-corrected chi connectivity index (χ2v) is 2.77. The molecule has 0 aliphatic heterocycles. The van der Waals surface area contributed by atoms with Crippen molar-refractivity contribution in [1.82, 2.24) is 0 Å². The van der Waals surface area contributed by atoms with Crippen molar-refractivity contribution < 1.29 is 9.47 Å². The van der Waals surface area contributed by atoms with E-state index in [-0.39, 0.29) is 0 Å². The molecule has 0 aromatic heterocycles. The Balaban J connectivity index is 2.64. The Bertz CT molecular complexity index is 275. The van der Waals surface area contributed by atoms with Gasteiger partial charge in [-0.2, -0.15) is 0 Å². The van der Waals surface area contributed by atoms with Crippen LogP contribution in [0.4, 0.5) is 0 Å². The number of hydrogen-bond acceptors (Lipinski definition) is 2. The molecule has 0 atom stereocenters. The topological polar surface area (TPSA) is 18.5 Å². The first kappa shape index (κ1) is 9.65. The summed E-state index contributed by atoms with van der Waals surface area (Å²) in [4.78, 5) is 0. The molecule has 0 heterocycles. The zero-order chi connectivity index (χ0) is 9.68. The van der Waals surface area contributed by atoms with E-state index in [0.717, 1.165) is 17.9 Å². The minimum Gasteiger partial charge on any atom is -0.501 e. The van der Waals surface area contributed by atoms with Gasteiger partial charge in [-0.25, -0.2) is 0 Å². The largest absolute Gasteiger partial charge is 0.501 e. The molecule has 0 spiro atoms. The maximum Gasteiger partial charge on any atom is 0.118 e. The first-order valence-electron chi connectivity index (χ1n) is 4.11. The summed E-state index contributed by atoms with van der Waals surface area (Å²) in [7, 11) is 3.29. The van der Waals surface area contributed by atoms with Crippen molar-refractivity contribution in [1.29, 1.82) is 0 Å². The summed E-state index contributed by atoms with van der Waals surface area (Å²) in [5, 5.41) is 0. The summed E-state index contributed by atoms with van der Waals surface area (Å²) in [6.45, 7) is 3.76. The normalized spacial score (nSPS) is 9.38. The van der Waals surface area contributed by atoms with Gasteiger partial charge in [0.15, 0.2) is 0 Å². The summed E-state index contributed by atoms with van der Waals surface area (Å²) >= 11 is 0. The summed E-state index contributed by atoms with van der Waals surface area (Å²) in [6.07, 6.45) is 0.750. The summed E-state index contributed by atoms with van der Waals surface area (Å²) < 4.78 is 10.0. The first-order chi connectivity index (χ1) is 6.26. The van der Waals surface area contributed by atoms with Crippen LogP contribution < -0.4 is 4.74 Å². The molecule has 1 aromatic rings. The lowest BCUT2D eigenvalue weighted by molar-refractivity contribution is 0.285. The minimum absolute atomic E-state index is 0.750. The van der Waals surface area contributed by atoms with Crippen molar-refractivity contribution in [2.45, 2.75) is 6.42 Å². The average molecular weight is 178 g/mol.